The Hall–Kier alpha value is -1.60. The molecule has 1 aliphatic rings. The number of hydrazone groups is 1. The Morgan fingerprint density at radius 1 is 1.35 bits per heavy atom. The quantitative estimate of drug-likeness (QED) is 0.407. The molecule has 5 nitrogen and oxygen atoms in total. The second-order valence-corrected chi connectivity index (χ2v) is 6.46. The van der Waals surface area contributed by atoms with E-state index in [1.54, 1.807) is 6.21 Å². The van der Waals surface area contributed by atoms with Crippen LogP contribution in [0.25, 0.3) is 0 Å². The van der Waals surface area contributed by atoms with Gasteiger partial charge in [-0.3, -0.25) is 4.79 Å². The van der Waals surface area contributed by atoms with Crippen molar-refractivity contribution in [2.75, 3.05) is 19.0 Å². The summed E-state index contributed by atoms with van der Waals surface area (Å²) in [6, 6.07) is 5.59. The number of hydrogen-bond donors (Lipinski definition) is 0. The van der Waals surface area contributed by atoms with E-state index in [0.717, 1.165) is 24.2 Å². The number of amides is 1. The summed E-state index contributed by atoms with van der Waals surface area (Å²) in [6.07, 6.45) is 3.69. The summed E-state index contributed by atoms with van der Waals surface area (Å²) in [5.41, 5.74) is 0.823. The maximum Gasteiger partial charge on any atom is 0.259 e. The molecular formula is C16H20N2O3S2. The monoisotopic (exact) mass is 352 g/mol. The van der Waals surface area contributed by atoms with Gasteiger partial charge in [-0.1, -0.05) is 37.3 Å². The zero-order chi connectivity index (χ0) is 16.7. The topological polar surface area (TPSA) is 51.1 Å². The van der Waals surface area contributed by atoms with Gasteiger partial charge in [0.1, 0.15) is 0 Å². The van der Waals surface area contributed by atoms with Crippen molar-refractivity contribution >= 4 is 40.4 Å². The van der Waals surface area contributed by atoms with E-state index in [9.17, 15) is 4.79 Å². The molecule has 0 N–H and O–H groups in total. The molecule has 0 radical (unpaired) electrons. The second kappa shape index (κ2) is 8.88. The molecule has 0 atom stereocenters. The smallest absolute Gasteiger partial charge is 0.259 e. The van der Waals surface area contributed by atoms with E-state index in [1.807, 2.05) is 25.1 Å². The van der Waals surface area contributed by atoms with Crippen LogP contribution in [0.15, 0.2) is 23.3 Å². The molecule has 0 saturated carbocycles. The van der Waals surface area contributed by atoms with Crippen molar-refractivity contribution in [2.24, 2.45) is 5.10 Å². The summed E-state index contributed by atoms with van der Waals surface area (Å²) < 4.78 is 11.8. The van der Waals surface area contributed by atoms with Gasteiger partial charge in [0.2, 0.25) is 0 Å². The largest absolute Gasteiger partial charge is 0.490 e. The molecule has 1 amide bonds. The standard InChI is InChI=1S/C16H20N2O3S2/c1-3-5-8-21-13-7-6-12(9-14(13)20-4-2)10-17-18-15(19)11-23-16(18)22/h6-7,9-10H,3-5,8,11H2,1-2H3/b17-10-. The highest BCUT2D eigenvalue weighted by molar-refractivity contribution is 8.23. The Morgan fingerprint density at radius 3 is 2.83 bits per heavy atom. The Kier molecular flexibility index (Phi) is 6.85. The number of rotatable bonds is 8. The predicted molar refractivity (Wildman–Crippen MR) is 97.5 cm³/mol. The van der Waals surface area contributed by atoms with E-state index >= 15 is 0 Å². The fourth-order valence-corrected chi connectivity index (χ4v) is 2.87. The van der Waals surface area contributed by atoms with Gasteiger partial charge in [0.25, 0.3) is 5.91 Å². The molecule has 0 aromatic heterocycles. The summed E-state index contributed by atoms with van der Waals surface area (Å²) in [5, 5.41) is 5.42. The molecule has 7 heteroatoms. The maximum atomic E-state index is 11.6. The van der Waals surface area contributed by atoms with Gasteiger partial charge in [0, 0.05) is 0 Å². The molecule has 1 aromatic carbocycles. The van der Waals surface area contributed by atoms with Crippen molar-refractivity contribution in [3.05, 3.63) is 23.8 Å². The zero-order valence-electron chi connectivity index (χ0n) is 13.3. The first kappa shape index (κ1) is 17.7. The number of thioether (sulfide) groups is 1. The van der Waals surface area contributed by atoms with E-state index in [-0.39, 0.29) is 5.91 Å². The second-order valence-electron chi connectivity index (χ2n) is 4.85. The molecule has 1 aliphatic heterocycles. The summed E-state index contributed by atoms with van der Waals surface area (Å²) in [7, 11) is 0. The Balaban J connectivity index is 2.11. The number of hydrogen-bond acceptors (Lipinski definition) is 6. The van der Waals surface area contributed by atoms with E-state index in [4.69, 9.17) is 21.7 Å². The van der Waals surface area contributed by atoms with Crippen LogP contribution in [0.4, 0.5) is 0 Å². The first-order valence-corrected chi connectivity index (χ1v) is 8.98. The SMILES string of the molecule is CCCCOc1ccc(/C=N\N2C(=O)CSC2=S)cc1OCC. The molecule has 1 saturated heterocycles. The number of carbonyl (C=O) groups excluding carboxylic acids is 1. The molecule has 0 bridgehead atoms. The average molecular weight is 352 g/mol. The normalized spacial score (nSPS) is 14.8. The van der Waals surface area contributed by atoms with Gasteiger partial charge in [-0.15, -0.1) is 0 Å². The fraction of sp³-hybridized carbons (Fsp3) is 0.438. The van der Waals surface area contributed by atoms with Crippen LogP contribution in [0.5, 0.6) is 11.5 Å². The first-order chi connectivity index (χ1) is 11.2. The number of nitrogens with zero attached hydrogens (tertiary/aromatic N) is 2. The van der Waals surface area contributed by atoms with Crippen LogP contribution >= 0.6 is 24.0 Å². The molecule has 124 valence electrons. The summed E-state index contributed by atoms with van der Waals surface area (Å²) in [5.74, 6) is 1.66. The molecule has 2 rings (SSSR count). The molecule has 23 heavy (non-hydrogen) atoms. The molecule has 0 spiro atoms. The van der Waals surface area contributed by atoms with Gasteiger partial charge in [0.05, 0.1) is 25.2 Å². The van der Waals surface area contributed by atoms with Gasteiger partial charge in [-0.2, -0.15) is 10.1 Å². The minimum absolute atomic E-state index is 0.0965. The number of unbranched alkanes of at least 4 members (excludes halogenated alkanes) is 1. The van der Waals surface area contributed by atoms with Gasteiger partial charge in [0.15, 0.2) is 15.8 Å². The number of thiocarbonyl (C=S) groups is 1. The van der Waals surface area contributed by atoms with Crippen LogP contribution in [0, 0.1) is 0 Å². The number of ether oxygens (including phenoxy) is 2. The third-order valence-electron chi connectivity index (χ3n) is 3.07. The molecule has 1 fully saturated rings. The van der Waals surface area contributed by atoms with Crippen molar-refractivity contribution in [3.63, 3.8) is 0 Å². The van der Waals surface area contributed by atoms with E-state index in [2.05, 4.69) is 12.0 Å². The van der Waals surface area contributed by atoms with Crippen LogP contribution in [0.2, 0.25) is 0 Å². The highest BCUT2D eigenvalue weighted by Gasteiger charge is 2.25. The van der Waals surface area contributed by atoms with Gasteiger partial charge < -0.3 is 9.47 Å². The molecule has 1 aromatic rings. The highest BCUT2D eigenvalue weighted by Crippen LogP contribution is 2.28. The summed E-state index contributed by atoms with van der Waals surface area (Å²) in [4.78, 5) is 11.6. The van der Waals surface area contributed by atoms with E-state index in [1.165, 1.54) is 16.8 Å². The molecule has 0 unspecified atom stereocenters. The lowest BCUT2D eigenvalue weighted by molar-refractivity contribution is -0.123. The van der Waals surface area contributed by atoms with E-state index < -0.39 is 0 Å². The first-order valence-electron chi connectivity index (χ1n) is 7.59. The average Bonchev–Trinajstić information content (AvgIpc) is 2.86. The third-order valence-corrected chi connectivity index (χ3v) is 4.41. The van der Waals surface area contributed by atoms with Crippen LogP contribution in [-0.4, -0.2) is 40.4 Å². The lowest BCUT2D eigenvalue weighted by Gasteiger charge is -2.12. The lowest BCUT2D eigenvalue weighted by Crippen LogP contribution is -2.22. The lowest BCUT2D eigenvalue weighted by atomic mass is 10.2. The van der Waals surface area contributed by atoms with Crippen LogP contribution in [0.3, 0.4) is 0 Å². The molecule has 1 heterocycles. The summed E-state index contributed by atoms with van der Waals surface area (Å²) >= 11 is 6.41. The fourth-order valence-electron chi connectivity index (χ4n) is 1.90. The van der Waals surface area contributed by atoms with Gasteiger partial charge in [-0.05, 0) is 37.1 Å². The minimum Gasteiger partial charge on any atom is -0.490 e. The van der Waals surface area contributed by atoms with Crippen molar-refractivity contribution in [2.45, 2.75) is 26.7 Å². The van der Waals surface area contributed by atoms with Crippen molar-refractivity contribution in [1.29, 1.82) is 0 Å². The molecular weight excluding hydrogens is 332 g/mol. The number of carbonyl (C=O) groups is 1. The third kappa shape index (κ3) is 4.94. The zero-order valence-corrected chi connectivity index (χ0v) is 14.9. The molecule has 0 aliphatic carbocycles. The van der Waals surface area contributed by atoms with Crippen molar-refractivity contribution in [1.82, 2.24) is 5.01 Å². The minimum atomic E-state index is -0.0965. The van der Waals surface area contributed by atoms with Crippen LogP contribution < -0.4 is 9.47 Å². The van der Waals surface area contributed by atoms with Crippen molar-refractivity contribution < 1.29 is 14.3 Å². The predicted octanol–water partition coefficient (Wildman–Crippen LogP) is 3.46. The number of benzene rings is 1. The Bertz CT molecular complexity index is 589. The van der Waals surface area contributed by atoms with Gasteiger partial charge in [-0.25, -0.2) is 0 Å². The maximum absolute atomic E-state index is 11.6. The van der Waals surface area contributed by atoms with Crippen molar-refractivity contribution in [3.8, 4) is 11.5 Å². The van der Waals surface area contributed by atoms with Gasteiger partial charge >= 0.3 is 0 Å². The van der Waals surface area contributed by atoms with Crippen LogP contribution in [-0.2, 0) is 4.79 Å². The summed E-state index contributed by atoms with van der Waals surface area (Å²) in [6.45, 7) is 5.26. The van der Waals surface area contributed by atoms with Crippen LogP contribution in [0.1, 0.15) is 32.3 Å². The Labute approximate surface area is 146 Å². The highest BCUT2D eigenvalue weighted by atomic mass is 32.2. The Morgan fingerprint density at radius 2 is 2.17 bits per heavy atom. The van der Waals surface area contributed by atoms with E-state index in [0.29, 0.717) is 29.0 Å².